The highest BCUT2D eigenvalue weighted by Gasteiger charge is 2.12. The molecule has 0 saturated carbocycles. The summed E-state index contributed by atoms with van der Waals surface area (Å²) in [5.41, 5.74) is 2.00. The molecule has 0 aliphatic carbocycles. The molecule has 1 amide bonds. The summed E-state index contributed by atoms with van der Waals surface area (Å²) in [5, 5.41) is 6.02. The first-order valence-corrected chi connectivity index (χ1v) is 7.73. The van der Waals surface area contributed by atoms with Gasteiger partial charge in [0, 0.05) is 13.1 Å². The molecule has 20 heavy (non-hydrogen) atoms. The van der Waals surface area contributed by atoms with Crippen molar-refractivity contribution in [3.63, 3.8) is 0 Å². The summed E-state index contributed by atoms with van der Waals surface area (Å²) in [6.45, 7) is 3.51. The van der Waals surface area contributed by atoms with E-state index in [1.807, 2.05) is 31.3 Å². The number of amides is 1. The van der Waals surface area contributed by atoms with Gasteiger partial charge in [0.2, 0.25) is 5.91 Å². The number of aromatic amines is 1. The zero-order valence-electron chi connectivity index (χ0n) is 11.8. The first-order chi connectivity index (χ1) is 9.70. The van der Waals surface area contributed by atoms with Crippen molar-refractivity contribution < 1.29 is 4.79 Å². The minimum atomic E-state index is 0.0632. The van der Waals surface area contributed by atoms with Crippen LogP contribution in [0.2, 0.25) is 0 Å². The topological polar surface area (TPSA) is 69.8 Å². The second kappa shape index (κ2) is 7.31. The predicted molar refractivity (Wildman–Crippen MR) is 83.9 cm³/mol. The molecule has 108 valence electrons. The van der Waals surface area contributed by atoms with Gasteiger partial charge in [0.1, 0.15) is 5.82 Å². The largest absolute Gasteiger partial charge is 0.354 e. The number of rotatable bonds is 7. The van der Waals surface area contributed by atoms with E-state index in [-0.39, 0.29) is 11.2 Å². The Hall–Kier alpha value is -1.53. The number of carbonyl (C=O) groups excluding carboxylic acids is 1. The van der Waals surface area contributed by atoms with E-state index < -0.39 is 0 Å². The first-order valence-electron chi connectivity index (χ1n) is 6.68. The average molecular weight is 292 g/mol. The molecule has 1 aromatic carbocycles. The number of aromatic nitrogens is 2. The maximum Gasteiger partial charge on any atom is 0.230 e. The van der Waals surface area contributed by atoms with Gasteiger partial charge in [0.25, 0.3) is 0 Å². The third-order valence-electron chi connectivity index (χ3n) is 2.95. The van der Waals surface area contributed by atoms with Crippen molar-refractivity contribution in [2.45, 2.75) is 12.2 Å². The Kier molecular flexibility index (Phi) is 5.43. The normalized spacial score (nSPS) is 12.5. The summed E-state index contributed by atoms with van der Waals surface area (Å²) >= 11 is 1.58. The van der Waals surface area contributed by atoms with E-state index in [9.17, 15) is 4.79 Å². The lowest BCUT2D eigenvalue weighted by Crippen LogP contribution is -2.31. The molecule has 1 aromatic heterocycles. The lowest BCUT2D eigenvalue weighted by molar-refractivity contribution is -0.118. The van der Waals surface area contributed by atoms with Gasteiger partial charge in [-0.15, -0.1) is 11.8 Å². The van der Waals surface area contributed by atoms with Gasteiger partial charge in [0.15, 0.2) is 0 Å². The first kappa shape index (κ1) is 14.9. The van der Waals surface area contributed by atoms with Gasteiger partial charge >= 0.3 is 0 Å². The minimum absolute atomic E-state index is 0.0632. The number of thioether (sulfide) groups is 1. The van der Waals surface area contributed by atoms with Crippen LogP contribution in [0.1, 0.15) is 18.0 Å². The van der Waals surface area contributed by atoms with Crippen molar-refractivity contribution in [2.75, 3.05) is 25.9 Å². The minimum Gasteiger partial charge on any atom is -0.354 e. The fraction of sp³-hybridized carbons (Fsp3) is 0.429. The number of likely N-dealkylation sites (N-methyl/N-ethyl adjacent to an activating group) is 1. The van der Waals surface area contributed by atoms with Gasteiger partial charge in [-0.05, 0) is 26.1 Å². The monoisotopic (exact) mass is 292 g/mol. The Morgan fingerprint density at radius 1 is 1.40 bits per heavy atom. The number of fused-ring (bicyclic) bond motifs is 1. The molecule has 1 atom stereocenters. The number of para-hydroxylation sites is 2. The van der Waals surface area contributed by atoms with Crippen LogP contribution in [0.4, 0.5) is 0 Å². The summed E-state index contributed by atoms with van der Waals surface area (Å²) in [6, 6.07) is 7.95. The van der Waals surface area contributed by atoms with E-state index in [1.165, 1.54) is 0 Å². The van der Waals surface area contributed by atoms with Crippen LogP contribution in [0.25, 0.3) is 11.0 Å². The van der Waals surface area contributed by atoms with Crippen LogP contribution < -0.4 is 10.6 Å². The van der Waals surface area contributed by atoms with Crippen LogP contribution in [0.15, 0.2) is 24.3 Å². The maximum atomic E-state index is 11.6. The summed E-state index contributed by atoms with van der Waals surface area (Å²) in [7, 11) is 1.87. The molecule has 0 fully saturated rings. The van der Waals surface area contributed by atoms with E-state index in [0.29, 0.717) is 12.3 Å². The van der Waals surface area contributed by atoms with Gasteiger partial charge < -0.3 is 15.6 Å². The van der Waals surface area contributed by atoms with Crippen molar-refractivity contribution >= 4 is 28.7 Å². The fourth-order valence-electron chi connectivity index (χ4n) is 1.82. The van der Waals surface area contributed by atoms with Crippen molar-refractivity contribution in [2.24, 2.45) is 0 Å². The highest BCUT2D eigenvalue weighted by atomic mass is 32.2. The Bertz CT molecular complexity index is 536. The Morgan fingerprint density at radius 2 is 2.20 bits per heavy atom. The SMILES string of the molecule is CNCCNC(=O)CSC(C)c1nc2ccccc2[nH]1. The van der Waals surface area contributed by atoms with Gasteiger partial charge in [-0.2, -0.15) is 0 Å². The smallest absolute Gasteiger partial charge is 0.230 e. The van der Waals surface area contributed by atoms with E-state index in [2.05, 4.69) is 27.5 Å². The standard InChI is InChI=1S/C14H20N4OS/c1-10(20-9-13(19)16-8-7-15-2)14-17-11-5-3-4-6-12(11)18-14/h3-6,10,15H,7-9H2,1-2H3,(H,16,19)(H,17,18). The number of H-pyrrole nitrogens is 1. The van der Waals surface area contributed by atoms with Crippen LogP contribution >= 0.6 is 11.8 Å². The van der Waals surface area contributed by atoms with Gasteiger partial charge in [-0.3, -0.25) is 4.79 Å². The summed E-state index contributed by atoms with van der Waals surface area (Å²) in [6.07, 6.45) is 0. The van der Waals surface area contributed by atoms with Crippen LogP contribution in [0.5, 0.6) is 0 Å². The average Bonchev–Trinajstić information content (AvgIpc) is 2.89. The van der Waals surface area contributed by atoms with Crippen molar-refractivity contribution in [3.05, 3.63) is 30.1 Å². The predicted octanol–water partition coefficient (Wildman–Crippen LogP) is 1.69. The van der Waals surface area contributed by atoms with Crippen LogP contribution in [-0.2, 0) is 4.79 Å². The second-order valence-electron chi connectivity index (χ2n) is 4.55. The highest BCUT2D eigenvalue weighted by Crippen LogP contribution is 2.27. The van der Waals surface area contributed by atoms with Crippen molar-refractivity contribution in [1.29, 1.82) is 0 Å². The molecular formula is C14H20N4OS. The lowest BCUT2D eigenvalue weighted by Gasteiger charge is -2.08. The third kappa shape index (κ3) is 3.98. The fourth-order valence-corrected chi connectivity index (χ4v) is 2.60. The number of imidazole rings is 1. The molecule has 0 aliphatic heterocycles. The van der Waals surface area contributed by atoms with E-state index >= 15 is 0 Å². The summed E-state index contributed by atoms with van der Waals surface area (Å²) < 4.78 is 0. The molecule has 0 spiro atoms. The van der Waals surface area contributed by atoms with Gasteiger partial charge in [-0.25, -0.2) is 4.98 Å². The third-order valence-corrected chi connectivity index (χ3v) is 4.11. The number of carbonyl (C=O) groups is 1. The zero-order chi connectivity index (χ0) is 14.4. The number of nitrogens with one attached hydrogen (secondary N) is 3. The Morgan fingerprint density at radius 3 is 2.95 bits per heavy atom. The molecule has 2 aromatic rings. The summed E-state index contributed by atoms with van der Waals surface area (Å²) in [4.78, 5) is 19.5. The van der Waals surface area contributed by atoms with Crippen LogP contribution in [0, 0.1) is 0 Å². The zero-order valence-corrected chi connectivity index (χ0v) is 12.6. The van der Waals surface area contributed by atoms with E-state index in [4.69, 9.17) is 0 Å². The van der Waals surface area contributed by atoms with E-state index in [0.717, 1.165) is 23.4 Å². The number of nitrogens with zero attached hydrogens (tertiary/aromatic N) is 1. The molecule has 2 rings (SSSR count). The molecule has 0 saturated heterocycles. The molecular weight excluding hydrogens is 272 g/mol. The molecule has 1 heterocycles. The number of hydrogen-bond donors (Lipinski definition) is 3. The lowest BCUT2D eigenvalue weighted by atomic mass is 10.3. The molecule has 1 unspecified atom stereocenters. The van der Waals surface area contributed by atoms with Crippen LogP contribution in [-0.4, -0.2) is 41.8 Å². The Balaban J connectivity index is 1.85. The van der Waals surface area contributed by atoms with Gasteiger partial charge in [-0.1, -0.05) is 12.1 Å². The van der Waals surface area contributed by atoms with Crippen molar-refractivity contribution in [3.8, 4) is 0 Å². The quantitative estimate of drug-likeness (QED) is 0.679. The maximum absolute atomic E-state index is 11.6. The molecule has 0 aliphatic rings. The molecule has 3 N–H and O–H groups in total. The highest BCUT2D eigenvalue weighted by molar-refractivity contribution is 8.00. The number of benzene rings is 1. The van der Waals surface area contributed by atoms with Crippen molar-refractivity contribution in [1.82, 2.24) is 20.6 Å². The second-order valence-corrected chi connectivity index (χ2v) is 5.88. The summed E-state index contributed by atoms with van der Waals surface area (Å²) in [5.74, 6) is 1.43. The Labute approximate surface area is 122 Å². The van der Waals surface area contributed by atoms with Crippen LogP contribution in [0.3, 0.4) is 0 Å². The van der Waals surface area contributed by atoms with E-state index in [1.54, 1.807) is 11.8 Å². The van der Waals surface area contributed by atoms with Gasteiger partial charge in [0.05, 0.1) is 22.0 Å². The number of hydrogen-bond acceptors (Lipinski definition) is 4. The molecule has 5 nitrogen and oxygen atoms in total. The molecule has 0 radical (unpaired) electrons. The molecule has 6 heteroatoms. The molecule has 0 bridgehead atoms.